The first kappa shape index (κ1) is 31.0. The van der Waals surface area contributed by atoms with E-state index in [1.54, 1.807) is 48.5 Å². The molecule has 2 aliphatic heterocycles. The van der Waals surface area contributed by atoms with Crippen LogP contribution in [0.25, 0.3) is 0 Å². The molecular formula is C28H16N6O6PdS2. The molecule has 2 N–H and O–H groups in total. The molecule has 0 fully saturated rings. The number of fused-ring (bicyclic) bond motifs is 2. The molecule has 0 spiro atoms. The molecule has 216 valence electrons. The number of nitro benzene ring substituents is 2. The van der Waals surface area contributed by atoms with Gasteiger partial charge in [0, 0.05) is 46.8 Å². The summed E-state index contributed by atoms with van der Waals surface area (Å²) in [6, 6.07) is 22.2. The van der Waals surface area contributed by atoms with Gasteiger partial charge in [0.1, 0.15) is 11.4 Å². The van der Waals surface area contributed by atoms with Crippen LogP contribution < -0.4 is 10.6 Å². The summed E-state index contributed by atoms with van der Waals surface area (Å²) >= 11 is 10.3. The van der Waals surface area contributed by atoms with Gasteiger partial charge >= 0.3 is 20.4 Å². The van der Waals surface area contributed by atoms with Crippen LogP contribution in [-0.2, 0) is 55.3 Å². The standard InChI is InChI=1S/2C14H9N3O3S.Pd/c2*18-14-13(15-11-3-1-2-4-12(11)21)9-7-8(17(19)20)5-6-10(9)16-14;/h2*1-7,21H,(H,15,16,18);/q;;+2/p-2. The molecule has 2 heterocycles. The van der Waals surface area contributed by atoms with E-state index in [1.807, 2.05) is 0 Å². The maximum Gasteiger partial charge on any atom is 2.00 e. The average molecular weight is 703 g/mol. The number of amides is 2. The topological polar surface area (TPSA) is 169 Å². The van der Waals surface area contributed by atoms with Gasteiger partial charge in [0.2, 0.25) is 0 Å². The van der Waals surface area contributed by atoms with Crippen LogP contribution in [0.1, 0.15) is 11.1 Å². The van der Waals surface area contributed by atoms with Crippen molar-refractivity contribution in [3.05, 3.63) is 116 Å². The zero-order chi connectivity index (χ0) is 30.0. The minimum Gasteiger partial charge on any atom is -0.778 e. The van der Waals surface area contributed by atoms with Crippen molar-refractivity contribution in [2.75, 3.05) is 10.6 Å². The number of nitrogens with one attached hydrogen (secondary N) is 2. The number of hydrogen-bond acceptors (Lipinski definition) is 10. The first-order valence-corrected chi connectivity index (χ1v) is 12.8. The third-order valence-corrected chi connectivity index (χ3v) is 6.75. The molecule has 15 heteroatoms. The molecule has 6 rings (SSSR count). The SMILES string of the molecule is O=C1Nc2ccc([N+](=O)[O-])cc2C1=Nc1ccccc1[S-].O=C1Nc2ccc([N+](=O)[O-])cc2C1=Nc1ccccc1[S-].[Pd+2]. The minimum absolute atomic E-state index is 0. The van der Waals surface area contributed by atoms with Crippen LogP contribution in [-0.4, -0.2) is 33.1 Å². The molecule has 0 atom stereocenters. The smallest absolute Gasteiger partial charge is 0.778 e. The van der Waals surface area contributed by atoms with Crippen LogP contribution in [0.2, 0.25) is 0 Å². The second-order valence-electron chi connectivity index (χ2n) is 8.74. The van der Waals surface area contributed by atoms with Crippen molar-refractivity contribution in [2.24, 2.45) is 9.98 Å². The van der Waals surface area contributed by atoms with E-state index < -0.39 is 21.7 Å². The number of carbonyl (C=O) groups is 2. The van der Waals surface area contributed by atoms with Gasteiger partial charge in [-0.05, 0) is 24.3 Å². The molecule has 0 aliphatic carbocycles. The average Bonchev–Trinajstić information content (AvgIpc) is 3.45. The number of para-hydroxylation sites is 2. The van der Waals surface area contributed by atoms with Crippen LogP contribution in [0.15, 0.2) is 105 Å². The molecule has 0 aromatic heterocycles. The van der Waals surface area contributed by atoms with Gasteiger partial charge in [0.25, 0.3) is 23.2 Å². The van der Waals surface area contributed by atoms with Crippen molar-refractivity contribution in [1.29, 1.82) is 0 Å². The fourth-order valence-corrected chi connectivity index (χ4v) is 4.46. The van der Waals surface area contributed by atoms with E-state index in [-0.39, 0.29) is 43.2 Å². The predicted octanol–water partition coefficient (Wildman–Crippen LogP) is 5.14. The first-order chi connectivity index (χ1) is 20.1. The van der Waals surface area contributed by atoms with Gasteiger partial charge in [-0.15, -0.1) is 9.79 Å². The molecule has 2 aliphatic rings. The summed E-state index contributed by atoms with van der Waals surface area (Å²) in [5, 5.41) is 26.9. The summed E-state index contributed by atoms with van der Waals surface area (Å²) in [5.74, 6) is -0.799. The van der Waals surface area contributed by atoms with Crippen molar-refractivity contribution in [2.45, 2.75) is 9.79 Å². The Morgan fingerprint density at radius 3 is 1.33 bits per heavy atom. The fraction of sp³-hybridized carbons (Fsp3) is 0. The molecule has 43 heavy (non-hydrogen) atoms. The number of benzene rings is 4. The van der Waals surface area contributed by atoms with Crippen LogP contribution in [0.5, 0.6) is 0 Å². The number of nitrogens with zero attached hydrogens (tertiary/aromatic N) is 4. The predicted molar refractivity (Wildman–Crippen MR) is 160 cm³/mol. The number of non-ortho nitro benzene ring substituents is 2. The van der Waals surface area contributed by atoms with Gasteiger partial charge in [0.15, 0.2) is 0 Å². The number of anilines is 2. The van der Waals surface area contributed by atoms with Crippen molar-refractivity contribution >= 4 is 82.6 Å². The Balaban J connectivity index is 0.000000192. The van der Waals surface area contributed by atoms with E-state index in [1.165, 1.54) is 36.4 Å². The quantitative estimate of drug-likeness (QED) is 0.127. The fourth-order valence-electron chi connectivity index (χ4n) is 4.07. The summed E-state index contributed by atoms with van der Waals surface area (Å²) in [6.07, 6.45) is 0. The van der Waals surface area contributed by atoms with Crippen molar-refractivity contribution in [3.8, 4) is 0 Å². The number of rotatable bonds is 4. The van der Waals surface area contributed by atoms with E-state index in [2.05, 4.69) is 20.6 Å². The van der Waals surface area contributed by atoms with E-state index in [9.17, 15) is 29.8 Å². The van der Waals surface area contributed by atoms with Crippen molar-refractivity contribution < 1.29 is 39.9 Å². The maximum absolute atomic E-state index is 12.0. The van der Waals surface area contributed by atoms with Crippen molar-refractivity contribution in [3.63, 3.8) is 0 Å². The largest absolute Gasteiger partial charge is 2.00 e. The zero-order valence-electron chi connectivity index (χ0n) is 21.5. The Labute approximate surface area is 268 Å². The zero-order valence-corrected chi connectivity index (χ0v) is 24.6. The summed E-state index contributed by atoms with van der Waals surface area (Å²) in [6.45, 7) is 0. The minimum atomic E-state index is -0.512. The second-order valence-corrected chi connectivity index (χ2v) is 9.62. The van der Waals surface area contributed by atoms with E-state index in [4.69, 9.17) is 25.3 Å². The van der Waals surface area contributed by atoms with Crippen molar-refractivity contribution in [1.82, 2.24) is 0 Å². The third kappa shape index (κ3) is 6.60. The molecule has 0 bridgehead atoms. The van der Waals surface area contributed by atoms with Gasteiger partial charge in [-0.2, -0.15) is 0 Å². The number of nitro groups is 2. The molecule has 2 amide bonds. The van der Waals surface area contributed by atoms with Gasteiger partial charge < -0.3 is 35.9 Å². The van der Waals surface area contributed by atoms with Gasteiger partial charge in [-0.1, -0.05) is 36.4 Å². The normalized spacial score (nSPS) is 14.5. The summed E-state index contributed by atoms with van der Waals surface area (Å²) in [4.78, 5) is 54.2. The van der Waals surface area contributed by atoms with E-state index in [0.717, 1.165) is 0 Å². The number of carbonyl (C=O) groups excluding carboxylic acids is 2. The Hall–Kier alpha value is -4.94. The summed E-state index contributed by atoms with van der Waals surface area (Å²) < 4.78 is 0. The molecule has 12 nitrogen and oxygen atoms in total. The molecule has 0 unspecified atom stereocenters. The molecule has 0 saturated carbocycles. The number of hydrogen-bond donors (Lipinski definition) is 2. The molecule has 4 aromatic rings. The maximum atomic E-state index is 12.0. The van der Waals surface area contributed by atoms with Gasteiger partial charge in [0.05, 0.1) is 21.2 Å². The Bertz CT molecular complexity index is 1750. The second kappa shape index (κ2) is 12.9. The molecule has 0 radical (unpaired) electrons. The third-order valence-electron chi connectivity index (χ3n) is 6.06. The first-order valence-electron chi connectivity index (χ1n) is 12.0. The Morgan fingerprint density at radius 1 is 0.605 bits per heavy atom. The van der Waals surface area contributed by atoms with Gasteiger partial charge in [-0.25, -0.2) is 9.98 Å². The number of aliphatic imine (C=N–C) groups is 2. The monoisotopic (exact) mass is 702 g/mol. The van der Waals surface area contributed by atoms with Crippen LogP contribution in [0.3, 0.4) is 0 Å². The Kier molecular flexibility index (Phi) is 9.32. The van der Waals surface area contributed by atoms with E-state index >= 15 is 0 Å². The van der Waals surface area contributed by atoms with Crippen LogP contribution in [0.4, 0.5) is 34.1 Å². The Morgan fingerprint density at radius 2 is 0.977 bits per heavy atom. The molecule has 0 saturated heterocycles. The summed E-state index contributed by atoms with van der Waals surface area (Å²) in [7, 11) is 0. The molecule has 4 aromatic carbocycles. The summed E-state index contributed by atoms with van der Waals surface area (Å²) in [5.41, 5.74) is 2.87. The van der Waals surface area contributed by atoms with Crippen LogP contribution >= 0.6 is 0 Å². The van der Waals surface area contributed by atoms with Crippen LogP contribution in [0, 0.1) is 20.2 Å². The molecular weight excluding hydrogens is 687 g/mol. The van der Waals surface area contributed by atoms with Gasteiger partial charge in [-0.3, -0.25) is 29.8 Å². The van der Waals surface area contributed by atoms with E-state index in [0.29, 0.717) is 43.7 Å².